The molecule has 1 aromatic carbocycles. The minimum atomic E-state index is -4.37. The minimum Gasteiger partial charge on any atom is -0.333 e. The van der Waals surface area contributed by atoms with Crippen LogP contribution in [0.15, 0.2) is 24.3 Å². The second-order valence-corrected chi connectivity index (χ2v) is 6.13. The maximum Gasteiger partial charge on any atom is 0.406 e. The number of aryl methyl sites for hydroxylation is 1. The molecule has 2 rings (SSSR count). The van der Waals surface area contributed by atoms with Crippen molar-refractivity contribution in [3.05, 3.63) is 35.4 Å². The van der Waals surface area contributed by atoms with Gasteiger partial charge in [-0.1, -0.05) is 29.8 Å². The lowest BCUT2D eigenvalue weighted by Crippen LogP contribution is -2.45. The van der Waals surface area contributed by atoms with E-state index in [-0.39, 0.29) is 30.8 Å². The number of halogens is 4. The van der Waals surface area contributed by atoms with Crippen molar-refractivity contribution in [2.24, 2.45) is 5.92 Å². The zero-order valence-electron chi connectivity index (χ0n) is 13.7. The Balaban J connectivity index is 0.00000288. The second kappa shape index (κ2) is 9.28. The molecule has 1 saturated heterocycles. The van der Waals surface area contributed by atoms with Crippen LogP contribution in [0.1, 0.15) is 24.0 Å². The Hall–Kier alpha value is -1.27. The molecule has 0 unspecified atom stereocenters. The van der Waals surface area contributed by atoms with Gasteiger partial charge in [0, 0.05) is 12.5 Å². The van der Waals surface area contributed by atoms with Crippen molar-refractivity contribution in [2.75, 3.05) is 26.2 Å². The first-order chi connectivity index (χ1) is 10.8. The maximum atomic E-state index is 12.8. The number of nitrogens with one attached hydrogen (secondary N) is 1. The number of piperidine rings is 1. The highest BCUT2D eigenvalue weighted by molar-refractivity contribution is 5.85. The monoisotopic (exact) mass is 364 g/mol. The third-order valence-corrected chi connectivity index (χ3v) is 4.16. The summed E-state index contributed by atoms with van der Waals surface area (Å²) in [6.45, 7) is 2.27. The lowest BCUT2D eigenvalue weighted by Gasteiger charge is -2.30. The third-order valence-electron chi connectivity index (χ3n) is 4.16. The molecule has 0 aliphatic carbocycles. The fraction of sp³-hybridized carbons (Fsp3) is 0.588. The number of carbonyl (C=O) groups excluding carboxylic acids is 1. The summed E-state index contributed by atoms with van der Waals surface area (Å²) in [4.78, 5) is 13.4. The number of carbonyl (C=O) groups is 1. The first kappa shape index (κ1) is 20.8. The average molecular weight is 365 g/mol. The Bertz CT molecular complexity index is 514. The molecule has 3 nitrogen and oxygen atoms in total. The molecule has 0 spiro atoms. The van der Waals surface area contributed by atoms with Gasteiger partial charge in [-0.25, -0.2) is 0 Å². The molecule has 1 aliphatic rings. The Morgan fingerprint density at radius 2 is 1.79 bits per heavy atom. The SMILES string of the molecule is Cc1ccc(CCN(CC(F)(F)F)C(=O)C2CCNCC2)cc1.Cl. The smallest absolute Gasteiger partial charge is 0.333 e. The highest BCUT2D eigenvalue weighted by atomic mass is 35.5. The van der Waals surface area contributed by atoms with E-state index in [1.165, 1.54) is 0 Å². The van der Waals surface area contributed by atoms with Crippen molar-refractivity contribution in [3.8, 4) is 0 Å². The topological polar surface area (TPSA) is 32.3 Å². The summed E-state index contributed by atoms with van der Waals surface area (Å²) in [6, 6.07) is 7.66. The van der Waals surface area contributed by atoms with Crippen molar-refractivity contribution in [2.45, 2.75) is 32.4 Å². The van der Waals surface area contributed by atoms with Gasteiger partial charge in [-0.2, -0.15) is 13.2 Å². The summed E-state index contributed by atoms with van der Waals surface area (Å²) in [5.41, 5.74) is 2.05. The van der Waals surface area contributed by atoms with Gasteiger partial charge < -0.3 is 10.2 Å². The van der Waals surface area contributed by atoms with Crippen LogP contribution in [0.25, 0.3) is 0 Å². The highest BCUT2D eigenvalue weighted by Gasteiger charge is 2.35. The fourth-order valence-electron chi connectivity index (χ4n) is 2.83. The zero-order chi connectivity index (χ0) is 16.9. The molecule has 1 aliphatic heterocycles. The van der Waals surface area contributed by atoms with E-state index in [1.807, 2.05) is 31.2 Å². The van der Waals surface area contributed by atoms with E-state index in [0.717, 1.165) is 16.0 Å². The molecule has 24 heavy (non-hydrogen) atoms. The van der Waals surface area contributed by atoms with Crippen LogP contribution in [0.5, 0.6) is 0 Å². The Morgan fingerprint density at radius 1 is 1.21 bits per heavy atom. The number of amides is 1. The normalized spacial score (nSPS) is 15.7. The number of alkyl halides is 3. The van der Waals surface area contributed by atoms with Gasteiger partial charge in [-0.05, 0) is 44.8 Å². The molecule has 1 heterocycles. The van der Waals surface area contributed by atoms with Crippen LogP contribution in [0, 0.1) is 12.8 Å². The summed E-state index contributed by atoms with van der Waals surface area (Å²) < 4.78 is 38.4. The zero-order valence-corrected chi connectivity index (χ0v) is 14.6. The van der Waals surface area contributed by atoms with Crippen LogP contribution in [-0.4, -0.2) is 43.2 Å². The van der Waals surface area contributed by atoms with E-state index in [9.17, 15) is 18.0 Å². The Labute approximate surface area is 147 Å². The Morgan fingerprint density at radius 3 is 2.33 bits per heavy atom. The van der Waals surface area contributed by atoms with Crippen LogP contribution in [-0.2, 0) is 11.2 Å². The molecular formula is C17H24ClF3N2O. The standard InChI is InChI=1S/C17H23F3N2O.ClH/c1-13-2-4-14(5-3-13)8-11-22(12-17(18,19)20)16(23)15-6-9-21-10-7-15;/h2-5,15,21H,6-12H2,1H3;1H. The summed E-state index contributed by atoms with van der Waals surface area (Å²) in [7, 11) is 0. The highest BCUT2D eigenvalue weighted by Crippen LogP contribution is 2.21. The van der Waals surface area contributed by atoms with E-state index < -0.39 is 12.7 Å². The third kappa shape index (κ3) is 6.69. The molecule has 136 valence electrons. The number of rotatable bonds is 5. The van der Waals surface area contributed by atoms with E-state index >= 15 is 0 Å². The number of hydrogen-bond donors (Lipinski definition) is 1. The first-order valence-corrected chi connectivity index (χ1v) is 7.97. The second-order valence-electron chi connectivity index (χ2n) is 6.13. The molecule has 1 amide bonds. The summed E-state index contributed by atoms with van der Waals surface area (Å²) >= 11 is 0. The molecule has 0 bridgehead atoms. The average Bonchev–Trinajstić information content (AvgIpc) is 2.52. The van der Waals surface area contributed by atoms with Crippen molar-refractivity contribution >= 4 is 18.3 Å². The van der Waals surface area contributed by atoms with Crippen molar-refractivity contribution in [1.29, 1.82) is 0 Å². The number of benzene rings is 1. The van der Waals surface area contributed by atoms with E-state index in [0.29, 0.717) is 32.4 Å². The van der Waals surface area contributed by atoms with E-state index in [4.69, 9.17) is 0 Å². The minimum absolute atomic E-state index is 0. The van der Waals surface area contributed by atoms with Gasteiger partial charge >= 0.3 is 6.18 Å². The van der Waals surface area contributed by atoms with Crippen molar-refractivity contribution < 1.29 is 18.0 Å². The summed E-state index contributed by atoms with van der Waals surface area (Å²) in [5, 5.41) is 3.13. The van der Waals surface area contributed by atoms with Crippen LogP contribution in [0.2, 0.25) is 0 Å². The van der Waals surface area contributed by atoms with Gasteiger partial charge in [0.2, 0.25) is 5.91 Å². The lowest BCUT2D eigenvalue weighted by atomic mass is 9.96. The molecule has 1 aromatic rings. The van der Waals surface area contributed by atoms with Crippen LogP contribution >= 0.6 is 12.4 Å². The molecule has 7 heteroatoms. The molecule has 0 radical (unpaired) electrons. The van der Waals surface area contributed by atoms with Crippen molar-refractivity contribution in [1.82, 2.24) is 10.2 Å². The molecule has 1 N–H and O–H groups in total. The van der Waals surface area contributed by atoms with Crippen LogP contribution in [0.4, 0.5) is 13.2 Å². The Kier molecular flexibility index (Phi) is 8.03. The van der Waals surface area contributed by atoms with Gasteiger partial charge in [0.15, 0.2) is 0 Å². The molecule has 0 aromatic heterocycles. The predicted octanol–water partition coefficient (Wildman–Crippen LogP) is 3.35. The van der Waals surface area contributed by atoms with Gasteiger partial charge in [-0.3, -0.25) is 4.79 Å². The fourth-order valence-corrected chi connectivity index (χ4v) is 2.83. The van der Waals surface area contributed by atoms with E-state index in [1.54, 1.807) is 0 Å². The quantitative estimate of drug-likeness (QED) is 0.869. The summed E-state index contributed by atoms with van der Waals surface area (Å²) in [6.07, 6.45) is -2.71. The van der Waals surface area contributed by atoms with Crippen molar-refractivity contribution in [3.63, 3.8) is 0 Å². The first-order valence-electron chi connectivity index (χ1n) is 7.97. The number of hydrogen-bond acceptors (Lipinski definition) is 2. The lowest BCUT2D eigenvalue weighted by molar-refractivity contribution is -0.164. The van der Waals surface area contributed by atoms with Gasteiger partial charge in [0.25, 0.3) is 0 Å². The molecule has 0 atom stereocenters. The molecule has 1 fully saturated rings. The van der Waals surface area contributed by atoms with Gasteiger partial charge in [0.1, 0.15) is 6.54 Å². The summed E-state index contributed by atoms with van der Waals surface area (Å²) in [5.74, 6) is -0.660. The van der Waals surface area contributed by atoms with Crippen LogP contribution in [0.3, 0.4) is 0 Å². The van der Waals surface area contributed by atoms with E-state index in [2.05, 4.69) is 5.32 Å². The van der Waals surface area contributed by atoms with Crippen LogP contribution < -0.4 is 5.32 Å². The molecule has 0 saturated carbocycles. The van der Waals surface area contributed by atoms with Gasteiger partial charge in [-0.15, -0.1) is 12.4 Å². The number of nitrogens with zero attached hydrogens (tertiary/aromatic N) is 1. The largest absolute Gasteiger partial charge is 0.406 e. The predicted molar refractivity (Wildman–Crippen MR) is 90.4 cm³/mol. The molecular weight excluding hydrogens is 341 g/mol. The maximum absolute atomic E-state index is 12.8. The van der Waals surface area contributed by atoms with Gasteiger partial charge in [0.05, 0.1) is 0 Å².